The minimum absolute atomic E-state index is 0.421. The van der Waals surface area contributed by atoms with Gasteiger partial charge < -0.3 is 40.7 Å². The Hall–Kier alpha value is -1.83. The molecule has 0 saturated carbocycles. The molecule has 0 aliphatic carbocycles. The van der Waals surface area contributed by atoms with Gasteiger partial charge in [-0.2, -0.15) is 0 Å². The number of carbonyl (C=O) groups is 3. The highest BCUT2D eigenvalue weighted by Gasteiger charge is 2.51. The molecule has 1 heterocycles. The number of aliphatic hydroxyl groups excluding tert-OH is 4. The van der Waals surface area contributed by atoms with E-state index in [-0.39, 0.29) is 0 Å². The molecule has 0 aromatic heterocycles. The van der Waals surface area contributed by atoms with Gasteiger partial charge >= 0.3 is 11.9 Å². The van der Waals surface area contributed by atoms with Crippen LogP contribution in [0.1, 0.15) is 26.7 Å². The lowest BCUT2D eigenvalue weighted by Gasteiger charge is -2.46. The fourth-order valence-electron chi connectivity index (χ4n) is 2.82. The van der Waals surface area contributed by atoms with Crippen molar-refractivity contribution >= 4 is 17.8 Å². The largest absolute Gasteiger partial charge is 0.481 e. The summed E-state index contributed by atoms with van der Waals surface area (Å²) >= 11 is 0. The van der Waals surface area contributed by atoms with Gasteiger partial charge in [0.15, 0.2) is 5.72 Å². The van der Waals surface area contributed by atoms with Gasteiger partial charge in [-0.3, -0.25) is 14.9 Å². The topological polar surface area (TPSA) is 206 Å². The van der Waals surface area contributed by atoms with Crippen molar-refractivity contribution in [3.8, 4) is 0 Å². The average molecular weight is 408 g/mol. The average Bonchev–Trinajstić information content (AvgIpc) is 2.64. The number of amides is 1. The van der Waals surface area contributed by atoms with Crippen LogP contribution in [-0.2, 0) is 19.1 Å². The van der Waals surface area contributed by atoms with Crippen molar-refractivity contribution in [2.45, 2.75) is 62.8 Å². The maximum absolute atomic E-state index is 12.7. The smallest absolute Gasteiger partial charge is 0.326 e. The van der Waals surface area contributed by atoms with Gasteiger partial charge in [-0.15, -0.1) is 0 Å². The summed E-state index contributed by atoms with van der Waals surface area (Å²) in [6.07, 6.45) is -5.28. The lowest BCUT2D eigenvalue weighted by atomic mass is 9.90. The highest BCUT2D eigenvalue weighted by molar-refractivity contribution is 5.89. The maximum atomic E-state index is 12.7. The third kappa shape index (κ3) is 5.59. The van der Waals surface area contributed by atoms with Crippen LogP contribution in [0.4, 0.5) is 0 Å². The number of hydrogen-bond acceptors (Lipinski definition) is 9. The Bertz CT molecular complexity index is 574. The van der Waals surface area contributed by atoms with Crippen LogP contribution in [0.5, 0.6) is 0 Å². The molecule has 1 saturated heterocycles. The molecule has 0 aromatic carbocycles. The van der Waals surface area contributed by atoms with E-state index in [4.69, 9.17) is 14.9 Å². The summed E-state index contributed by atoms with van der Waals surface area (Å²) in [6, 6.07) is -2.89. The Labute approximate surface area is 161 Å². The summed E-state index contributed by atoms with van der Waals surface area (Å²) in [6.45, 7) is 2.07. The van der Waals surface area contributed by atoms with Crippen LogP contribution in [0.15, 0.2) is 0 Å². The molecule has 1 rings (SSSR count). The van der Waals surface area contributed by atoms with Crippen LogP contribution in [0.25, 0.3) is 0 Å². The molecule has 1 amide bonds. The third-order valence-electron chi connectivity index (χ3n) is 4.83. The summed E-state index contributed by atoms with van der Waals surface area (Å²) in [5.41, 5.74) is -1.99. The minimum atomic E-state index is -1.99. The van der Waals surface area contributed by atoms with Crippen LogP contribution in [0, 0.1) is 5.92 Å². The number of carbonyl (C=O) groups excluding carboxylic acids is 1. The first-order valence-electron chi connectivity index (χ1n) is 8.80. The first-order chi connectivity index (χ1) is 13.0. The normalized spacial score (nSPS) is 30.9. The van der Waals surface area contributed by atoms with Gasteiger partial charge in [-0.1, -0.05) is 20.3 Å². The molecule has 28 heavy (non-hydrogen) atoms. The Morgan fingerprint density at radius 2 is 1.82 bits per heavy atom. The van der Waals surface area contributed by atoms with Gasteiger partial charge in [-0.25, -0.2) is 4.79 Å². The first kappa shape index (κ1) is 24.2. The van der Waals surface area contributed by atoms with E-state index in [2.05, 4.69) is 10.6 Å². The standard InChI is InChI=1S/C16H28N2O10/c1-3-7(2)11(14(25)17-8(15(26)27)4-10(21)22)18-16(6-19)13(24)12(23)9(20)5-28-16/h7-9,11-13,18-20,23-24H,3-6H2,1-2H3,(H,17,25)(H,21,22)(H,26,27)/t7-,8-,9+,11-,12+,13-,16+/m0/s1. The third-order valence-corrected chi connectivity index (χ3v) is 4.83. The number of rotatable bonds is 10. The molecule has 1 aliphatic heterocycles. The number of aliphatic hydroxyl groups is 4. The predicted molar refractivity (Wildman–Crippen MR) is 92.0 cm³/mol. The van der Waals surface area contributed by atoms with Gasteiger partial charge in [0.05, 0.1) is 25.7 Å². The summed E-state index contributed by atoms with van der Waals surface area (Å²) < 4.78 is 5.29. The SMILES string of the molecule is CC[C@H](C)[C@H](N[C@]1(CO)OC[C@@H](O)[C@@H](O)[C@@H]1O)C(=O)N[C@@H](CC(=O)O)C(=O)O. The molecular formula is C16H28N2O10. The van der Waals surface area contributed by atoms with Crippen molar-refractivity contribution in [1.29, 1.82) is 0 Å². The summed E-state index contributed by atoms with van der Waals surface area (Å²) in [7, 11) is 0. The van der Waals surface area contributed by atoms with Gasteiger partial charge in [0.1, 0.15) is 24.4 Å². The quantitative estimate of drug-likeness (QED) is 0.181. The molecule has 8 N–H and O–H groups in total. The molecular weight excluding hydrogens is 380 g/mol. The number of aliphatic carboxylic acids is 2. The molecule has 0 bridgehead atoms. The van der Waals surface area contributed by atoms with Crippen molar-refractivity contribution in [2.24, 2.45) is 5.92 Å². The first-order valence-corrected chi connectivity index (χ1v) is 8.80. The lowest BCUT2D eigenvalue weighted by Crippen LogP contribution is -2.72. The van der Waals surface area contributed by atoms with Gasteiger partial charge in [-0.05, 0) is 5.92 Å². The van der Waals surface area contributed by atoms with Gasteiger partial charge in [0, 0.05) is 0 Å². The molecule has 12 nitrogen and oxygen atoms in total. The molecule has 0 radical (unpaired) electrons. The summed E-state index contributed by atoms with van der Waals surface area (Å²) in [4.78, 5) is 34.7. The number of ether oxygens (including phenoxy) is 1. The van der Waals surface area contributed by atoms with E-state index in [0.29, 0.717) is 6.42 Å². The zero-order valence-corrected chi connectivity index (χ0v) is 15.6. The maximum Gasteiger partial charge on any atom is 0.326 e. The zero-order valence-electron chi connectivity index (χ0n) is 15.6. The van der Waals surface area contributed by atoms with E-state index in [1.807, 2.05) is 0 Å². The molecule has 7 atom stereocenters. The fourth-order valence-corrected chi connectivity index (χ4v) is 2.82. The second-order valence-corrected chi connectivity index (χ2v) is 6.87. The number of hydrogen-bond donors (Lipinski definition) is 8. The number of nitrogens with one attached hydrogen (secondary N) is 2. The van der Waals surface area contributed by atoms with Gasteiger partial charge in [0.25, 0.3) is 0 Å². The second-order valence-electron chi connectivity index (χ2n) is 6.87. The Morgan fingerprint density at radius 1 is 1.21 bits per heavy atom. The van der Waals surface area contributed by atoms with E-state index in [9.17, 15) is 34.8 Å². The fraction of sp³-hybridized carbons (Fsp3) is 0.812. The molecule has 162 valence electrons. The van der Waals surface area contributed by atoms with Crippen molar-refractivity contribution in [2.75, 3.05) is 13.2 Å². The van der Waals surface area contributed by atoms with Crippen molar-refractivity contribution in [3.63, 3.8) is 0 Å². The van der Waals surface area contributed by atoms with E-state index >= 15 is 0 Å². The van der Waals surface area contributed by atoms with Crippen molar-refractivity contribution in [3.05, 3.63) is 0 Å². The Morgan fingerprint density at radius 3 is 2.29 bits per heavy atom. The molecule has 12 heteroatoms. The van der Waals surface area contributed by atoms with Gasteiger partial charge in [0.2, 0.25) is 5.91 Å². The summed E-state index contributed by atoms with van der Waals surface area (Å²) in [5.74, 6) is -4.30. The van der Waals surface area contributed by atoms with Crippen LogP contribution >= 0.6 is 0 Å². The summed E-state index contributed by atoms with van der Waals surface area (Å²) in [5, 5.41) is 62.2. The highest BCUT2D eigenvalue weighted by Crippen LogP contribution is 2.26. The minimum Gasteiger partial charge on any atom is -0.481 e. The lowest BCUT2D eigenvalue weighted by molar-refractivity contribution is -0.261. The van der Waals surface area contributed by atoms with E-state index in [1.165, 1.54) is 0 Å². The predicted octanol–water partition coefficient (Wildman–Crippen LogP) is -3.16. The number of carboxylic acids is 2. The van der Waals surface area contributed by atoms with Crippen molar-refractivity contribution in [1.82, 2.24) is 10.6 Å². The van der Waals surface area contributed by atoms with Crippen LogP contribution in [0.3, 0.4) is 0 Å². The van der Waals surface area contributed by atoms with Crippen LogP contribution in [-0.4, -0.2) is 97.8 Å². The monoisotopic (exact) mass is 408 g/mol. The second kappa shape index (κ2) is 10.1. The molecule has 0 aromatic rings. The van der Waals surface area contributed by atoms with Crippen LogP contribution in [0.2, 0.25) is 0 Å². The van der Waals surface area contributed by atoms with Crippen molar-refractivity contribution < 1.29 is 49.8 Å². The molecule has 0 unspecified atom stereocenters. The Kier molecular flexibility index (Phi) is 8.73. The molecule has 1 aliphatic rings. The van der Waals surface area contributed by atoms with Crippen LogP contribution < -0.4 is 10.6 Å². The Balaban J connectivity index is 3.08. The van der Waals surface area contributed by atoms with E-state index in [1.54, 1.807) is 13.8 Å². The van der Waals surface area contributed by atoms with E-state index < -0.39 is 79.5 Å². The molecule has 1 fully saturated rings. The highest BCUT2D eigenvalue weighted by atomic mass is 16.6. The zero-order chi connectivity index (χ0) is 21.6. The molecule has 0 spiro atoms. The number of carboxylic acid groups (broad SMARTS) is 2. The van der Waals surface area contributed by atoms with E-state index in [0.717, 1.165) is 0 Å².